The number of hydrogen-bond acceptors (Lipinski definition) is 20. The zero-order valence-electron chi connectivity index (χ0n) is 27.9. The minimum absolute atomic E-state index is 0.0543. The predicted molar refractivity (Wildman–Crippen MR) is 162 cm³/mol. The lowest BCUT2D eigenvalue weighted by atomic mass is 9.88. The van der Waals surface area contributed by atoms with Crippen molar-refractivity contribution >= 4 is 22.7 Å². The van der Waals surface area contributed by atoms with Crippen LogP contribution in [0.5, 0.6) is 0 Å². The summed E-state index contributed by atoms with van der Waals surface area (Å²) in [6, 6.07) is 0. The molecule has 4 aliphatic rings. The standard InChI is InChI=1S/C27H48O22S2/c1-9-17(29)13(16(28)8-39-9)5-40-25-19(31)14(23(11(3)44-25)46-48-50(35)36)6-41-26-20(32)15(24(12(4)45-26)47-49-51(37)38)7-42-27-22(34)21(33)18(30)10(2)43-27/h9-34H,5-8H2,1-4H3,(H,35,36)(H,37,38)/t9?,10?,11?,12?,13-,14-,15-,16?,17-,18-,19?,20?,21+,22?,23-,24-,25-,26-,27-/m1/s1. The first-order valence-corrected chi connectivity index (χ1v) is 18.2. The molecular formula is C27H48O22S2. The Kier molecular flexibility index (Phi) is 16.4. The number of aliphatic hydroxyl groups excluding tert-OH is 7. The summed E-state index contributed by atoms with van der Waals surface area (Å²) in [7, 11) is 0. The van der Waals surface area contributed by atoms with Crippen molar-refractivity contribution in [2.45, 2.75) is 126 Å². The van der Waals surface area contributed by atoms with E-state index < -0.39 is 152 Å². The van der Waals surface area contributed by atoms with Crippen LogP contribution < -0.4 is 0 Å². The molecule has 0 radical (unpaired) electrons. The van der Waals surface area contributed by atoms with Crippen molar-refractivity contribution in [1.29, 1.82) is 0 Å². The maximum Gasteiger partial charge on any atom is 0.331 e. The van der Waals surface area contributed by atoms with Gasteiger partial charge in [0.05, 0.1) is 63.1 Å². The summed E-state index contributed by atoms with van der Waals surface area (Å²) in [5.74, 6) is -3.16. The van der Waals surface area contributed by atoms with E-state index in [1.807, 2.05) is 0 Å². The molecule has 51 heavy (non-hydrogen) atoms. The zero-order chi connectivity index (χ0) is 37.7. The highest BCUT2D eigenvalue weighted by Gasteiger charge is 2.51. The van der Waals surface area contributed by atoms with Gasteiger partial charge in [-0.05, 0) is 27.7 Å². The van der Waals surface area contributed by atoms with Crippen molar-refractivity contribution in [3.05, 3.63) is 0 Å². The van der Waals surface area contributed by atoms with E-state index in [9.17, 15) is 44.2 Å². The molecule has 22 nitrogen and oxygen atoms in total. The summed E-state index contributed by atoms with van der Waals surface area (Å²) < 4.78 is 89.0. The summed E-state index contributed by atoms with van der Waals surface area (Å²) in [5, 5.41) is 74.1. The van der Waals surface area contributed by atoms with E-state index in [2.05, 4.69) is 8.67 Å². The Balaban J connectivity index is 1.48. The predicted octanol–water partition coefficient (Wildman–Crippen LogP) is -4.03. The molecule has 4 fully saturated rings. The van der Waals surface area contributed by atoms with Crippen LogP contribution >= 0.6 is 0 Å². The first kappa shape index (κ1) is 43.2. The van der Waals surface area contributed by atoms with Gasteiger partial charge in [-0.25, -0.2) is 9.78 Å². The molecule has 300 valence electrons. The van der Waals surface area contributed by atoms with Gasteiger partial charge in [-0.1, -0.05) is 0 Å². The monoisotopic (exact) mass is 788 g/mol. The zero-order valence-corrected chi connectivity index (χ0v) is 29.6. The fourth-order valence-electron chi connectivity index (χ4n) is 6.37. The molecule has 4 heterocycles. The second kappa shape index (κ2) is 19.4. The Hall–Kier alpha value is -0.500. The molecule has 4 saturated heterocycles. The van der Waals surface area contributed by atoms with Crippen LogP contribution in [-0.4, -0.2) is 178 Å². The van der Waals surface area contributed by atoms with Gasteiger partial charge in [-0.3, -0.25) is 9.11 Å². The second-order valence-corrected chi connectivity index (χ2v) is 14.0. The summed E-state index contributed by atoms with van der Waals surface area (Å²) in [6.45, 7) is 4.66. The van der Waals surface area contributed by atoms with Gasteiger partial charge in [-0.2, -0.15) is 8.42 Å². The largest absolute Gasteiger partial charge is 0.390 e. The van der Waals surface area contributed by atoms with E-state index >= 15 is 0 Å². The highest BCUT2D eigenvalue weighted by molar-refractivity contribution is 7.74. The lowest BCUT2D eigenvalue weighted by molar-refractivity contribution is -0.371. The first-order chi connectivity index (χ1) is 24.0. The molecule has 4 aliphatic heterocycles. The van der Waals surface area contributed by atoms with Gasteiger partial charge in [0.25, 0.3) is 0 Å². The molecule has 9 N–H and O–H groups in total. The third-order valence-electron chi connectivity index (χ3n) is 9.43. The van der Waals surface area contributed by atoms with E-state index in [0.717, 1.165) is 0 Å². The van der Waals surface area contributed by atoms with Crippen LogP contribution in [0, 0.1) is 17.8 Å². The Morgan fingerprint density at radius 2 is 0.941 bits per heavy atom. The fourth-order valence-corrected chi connectivity index (χ4v) is 6.69. The molecule has 21 atom stereocenters. The van der Waals surface area contributed by atoms with Crippen LogP contribution in [0.4, 0.5) is 0 Å². The van der Waals surface area contributed by atoms with Gasteiger partial charge in [-0.15, -0.1) is 8.67 Å². The average Bonchev–Trinajstić information content (AvgIpc) is 3.07. The molecule has 0 saturated carbocycles. The van der Waals surface area contributed by atoms with Crippen molar-refractivity contribution in [2.24, 2.45) is 17.8 Å². The summed E-state index contributed by atoms with van der Waals surface area (Å²) in [5.41, 5.74) is 0. The van der Waals surface area contributed by atoms with E-state index in [4.69, 9.17) is 52.0 Å². The molecule has 10 unspecified atom stereocenters. The van der Waals surface area contributed by atoms with Crippen molar-refractivity contribution in [1.82, 2.24) is 0 Å². The lowest BCUT2D eigenvalue weighted by Crippen LogP contribution is -2.60. The third kappa shape index (κ3) is 10.8. The van der Waals surface area contributed by atoms with Crippen LogP contribution in [0.25, 0.3) is 0 Å². The number of rotatable bonds is 15. The minimum Gasteiger partial charge on any atom is -0.390 e. The Labute approximate surface area is 297 Å². The lowest BCUT2D eigenvalue weighted by Gasteiger charge is -2.46. The molecule has 0 amide bonds. The van der Waals surface area contributed by atoms with Crippen molar-refractivity contribution < 1.29 is 105 Å². The normalized spacial score (nSPS) is 47.9. The Morgan fingerprint density at radius 3 is 1.39 bits per heavy atom. The second-order valence-electron chi connectivity index (χ2n) is 12.9. The summed E-state index contributed by atoms with van der Waals surface area (Å²) in [4.78, 5) is 10.2. The van der Waals surface area contributed by atoms with Gasteiger partial charge in [0, 0.05) is 17.8 Å². The van der Waals surface area contributed by atoms with E-state index in [-0.39, 0.29) is 13.2 Å². The van der Waals surface area contributed by atoms with Crippen molar-refractivity contribution in [3.8, 4) is 0 Å². The molecule has 0 aromatic carbocycles. The van der Waals surface area contributed by atoms with Gasteiger partial charge in [0.1, 0.15) is 42.7 Å². The molecular weight excluding hydrogens is 740 g/mol. The number of aliphatic hydroxyl groups is 7. The molecule has 0 spiro atoms. The molecule has 4 rings (SSSR count). The third-order valence-corrected chi connectivity index (χ3v) is 9.82. The van der Waals surface area contributed by atoms with Crippen molar-refractivity contribution in [2.75, 3.05) is 26.4 Å². The fraction of sp³-hybridized carbons (Fsp3) is 1.00. The first-order valence-electron chi connectivity index (χ1n) is 16.1. The van der Waals surface area contributed by atoms with E-state index in [1.165, 1.54) is 20.8 Å². The molecule has 24 heteroatoms. The molecule has 0 aliphatic carbocycles. The van der Waals surface area contributed by atoms with Gasteiger partial charge < -0.3 is 68.9 Å². The number of ether oxygens (including phenoxy) is 7. The molecule has 0 bridgehead atoms. The van der Waals surface area contributed by atoms with Gasteiger partial charge in [0.2, 0.25) is 0 Å². The maximum atomic E-state index is 11.4. The topological polar surface area (TPSA) is 318 Å². The van der Waals surface area contributed by atoms with Crippen LogP contribution in [0.1, 0.15) is 27.7 Å². The SMILES string of the molecule is CC1O[C@@H](OC[C@@H]2C(O)[C@H](OC[C@@H]3C(O)[C@H](OC[C@@H]4C(O)COC(C)[C@H]4O)OC(C)[C@H]3OOS(=O)O)OC(C)[C@H]2OOS(=O)O)C(O)[C@@H](O)[C@@H]1O. The summed E-state index contributed by atoms with van der Waals surface area (Å²) >= 11 is -5.77. The van der Waals surface area contributed by atoms with Crippen LogP contribution in [-0.2, 0) is 74.3 Å². The van der Waals surface area contributed by atoms with E-state index in [0.29, 0.717) is 0 Å². The quantitative estimate of drug-likeness (QED) is 0.0433. The Bertz CT molecular complexity index is 1130. The van der Waals surface area contributed by atoms with Crippen LogP contribution in [0.3, 0.4) is 0 Å². The maximum absolute atomic E-state index is 11.4. The van der Waals surface area contributed by atoms with Crippen LogP contribution in [0.15, 0.2) is 0 Å². The minimum atomic E-state index is -2.89. The highest BCUT2D eigenvalue weighted by atomic mass is 32.2. The Morgan fingerprint density at radius 1 is 0.529 bits per heavy atom. The van der Waals surface area contributed by atoms with Crippen LogP contribution in [0.2, 0.25) is 0 Å². The summed E-state index contributed by atoms with van der Waals surface area (Å²) in [6.07, 6.45) is -20.7. The molecule has 0 aromatic rings. The number of hydrogen-bond donors (Lipinski definition) is 9. The van der Waals surface area contributed by atoms with E-state index in [1.54, 1.807) is 6.92 Å². The van der Waals surface area contributed by atoms with Gasteiger partial charge in [0.15, 0.2) is 18.9 Å². The smallest absolute Gasteiger partial charge is 0.331 e. The van der Waals surface area contributed by atoms with Gasteiger partial charge >= 0.3 is 22.7 Å². The average molecular weight is 789 g/mol. The molecule has 0 aromatic heterocycles. The van der Waals surface area contributed by atoms with Crippen molar-refractivity contribution in [3.63, 3.8) is 0 Å². The highest BCUT2D eigenvalue weighted by Crippen LogP contribution is 2.35.